The quantitative estimate of drug-likeness (QED) is 0.356. The standard InChI is InChI=1S/C28H37N7O5S2/c1-5-39-26(36)23-19(4)30-28(41-23)33-27-31-24-22(25(32-27)35-14-17(2)40-18(3)15-35)8-6-7-13-34(24)16-20-9-11-21(12-10-20)42(29,37)38/h9-12,17-18H,5-8,13-16H2,1-4H3,(H2,29,37,38)(H,30,31,32,33). The fourth-order valence-electron chi connectivity index (χ4n) is 5.41. The number of nitrogens with zero attached hydrogens (tertiary/aromatic N) is 5. The number of hydrogen-bond acceptors (Lipinski definition) is 12. The Labute approximate surface area is 250 Å². The lowest BCUT2D eigenvalue weighted by Crippen LogP contribution is -2.46. The summed E-state index contributed by atoms with van der Waals surface area (Å²) in [5.41, 5.74) is 2.59. The second kappa shape index (κ2) is 12.5. The zero-order valence-corrected chi connectivity index (χ0v) is 25.9. The van der Waals surface area contributed by atoms with Crippen molar-refractivity contribution in [3.05, 3.63) is 46.0 Å². The number of hydrogen-bond donors (Lipinski definition) is 2. The fraction of sp³-hybridized carbons (Fsp3) is 0.500. The molecule has 0 saturated carbocycles. The average molecular weight is 616 g/mol. The van der Waals surface area contributed by atoms with E-state index in [9.17, 15) is 13.2 Å². The molecule has 12 nitrogen and oxygen atoms in total. The van der Waals surface area contributed by atoms with Crippen molar-refractivity contribution in [1.29, 1.82) is 0 Å². The molecule has 42 heavy (non-hydrogen) atoms. The van der Waals surface area contributed by atoms with Crippen molar-refractivity contribution < 1.29 is 22.7 Å². The van der Waals surface area contributed by atoms with Crippen molar-refractivity contribution >= 4 is 50.0 Å². The van der Waals surface area contributed by atoms with Crippen LogP contribution in [-0.4, -0.2) is 67.8 Å². The Morgan fingerprint density at radius 3 is 2.48 bits per heavy atom. The molecule has 1 saturated heterocycles. The molecule has 1 aromatic carbocycles. The summed E-state index contributed by atoms with van der Waals surface area (Å²) in [5.74, 6) is 1.66. The van der Waals surface area contributed by atoms with Crippen molar-refractivity contribution in [3.8, 4) is 0 Å². The third-order valence-corrected chi connectivity index (χ3v) is 9.17. The number of benzene rings is 1. The number of rotatable bonds is 8. The monoisotopic (exact) mass is 615 g/mol. The summed E-state index contributed by atoms with van der Waals surface area (Å²) >= 11 is 1.21. The highest BCUT2D eigenvalue weighted by atomic mass is 32.2. The number of carbonyl (C=O) groups is 1. The fourth-order valence-corrected chi connectivity index (χ4v) is 6.78. The van der Waals surface area contributed by atoms with E-state index in [4.69, 9.17) is 24.6 Å². The molecule has 4 heterocycles. The summed E-state index contributed by atoms with van der Waals surface area (Å²) in [6.07, 6.45) is 2.88. The van der Waals surface area contributed by atoms with Gasteiger partial charge in [-0.15, -0.1) is 0 Å². The predicted octanol–water partition coefficient (Wildman–Crippen LogP) is 3.77. The van der Waals surface area contributed by atoms with Gasteiger partial charge in [0.2, 0.25) is 16.0 Å². The molecule has 0 radical (unpaired) electrons. The van der Waals surface area contributed by atoms with Gasteiger partial charge >= 0.3 is 5.97 Å². The molecule has 5 rings (SSSR count). The largest absolute Gasteiger partial charge is 0.462 e. The highest BCUT2D eigenvalue weighted by Gasteiger charge is 2.30. The minimum Gasteiger partial charge on any atom is -0.462 e. The lowest BCUT2D eigenvalue weighted by Gasteiger charge is -2.37. The van der Waals surface area contributed by atoms with E-state index in [0.29, 0.717) is 41.3 Å². The number of aromatic nitrogens is 3. The topological polar surface area (TPSA) is 153 Å². The van der Waals surface area contributed by atoms with Crippen LogP contribution in [0.3, 0.4) is 0 Å². The minimum atomic E-state index is -3.77. The number of anilines is 4. The molecule has 2 aliphatic heterocycles. The second-order valence-corrected chi connectivity index (χ2v) is 13.2. The zero-order valence-electron chi connectivity index (χ0n) is 24.3. The van der Waals surface area contributed by atoms with Crippen molar-refractivity contribution in [2.24, 2.45) is 5.14 Å². The van der Waals surface area contributed by atoms with Gasteiger partial charge in [0.25, 0.3) is 0 Å². The zero-order chi connectivity index (χ0) is 30.0. The van der Waals surface area contributed by atoms with Gasteiger partial charge < -0.3 is 19.3 Å². The molecule has 3 aromatic rings. The minimum absolute atomic E-state index is 0.0451. The van der Waals surface area contributed by atoms with E-state index in [0.717, 1.165) is 48.6 Å². The van der Waals surface area contributed by atoms with Gasteiger partial charge in [-0.2, -0.15) is 9.97 Å². The van der Waals surface area contributed by atoms with Crippen LogP contribution in [0.2, 0.25) is 0 Å². The van der Waals surface area contributed by atoms with E-state index in [1.807, 2.05) is 0 Å². The predicted molar refractivity (Wildman–Crippen MR) is 162 cm³/mol. The van der Waals surface area contributed by atoms with Crippen LogP contribution in [0, 0.1) is 6.92 Å². The molecular weight excluding hydrogens is 578 g/mol. The maximum absolute atomic E-state index is 12.4. The molecule has 14 heteroatoms. The molecule has 0 spiro atoms. The molecule has 3 N–H and O–H groups in total. The van der Waals surface area contributed by atoms with E-state index in [2.05, 4.69) is 33.9 Å². The highest BCUT2D eigenvalue weighted by Crippen LogP contribution is 2.36. The van der Waals surface area contributed by atoms with E-state index < -0.39 is 16.0 Å². The van der Waals surface area contributed by atoms with E-state index in [1.165, 1.54) is 23.5 Å². The van der Waals surface area contributed by atoms with Gasteiger partial charge in [0.1, 0.15) is 16.5 Å². The Bertz CT molecular complexity index is 1530. The number of esters is 1. The first-order valence-corrected chi connectivity index (χ1v) is 16.5. The van der Waals surface area contributed by atoms with Crippen LogP contribution >= 0.6 is 11.3 Å². The lowest BCUT2D eigenvalue weighted by atomic mass is 10.1. The van der Waals surface area contributed by atoms with Crippen LogP contribution in [-0.2, 0) is 32.5 Å². The van der Waals surface area contributed by atoms with Gasteiger partial charge in [-0.1, -0.05) is 23.5 Å². The third kappa shape index (κ3) is 6.83. The number of fused-ring (bicyclic) bond motifs is 1. The van der Waals surface area contributed by atoms with Crippen LogP contribution < -0.4 is 20.3 Å². The molecule has 2 aromatic heterocycles. The SMILES string of the molecule is CCOC(=O)c1sc(Nc2nc3c(c(N4CC(C)OC(C)C4)n2)CCCCN3Cc2ccc(S(N)(=O)=O)cc2)nc1C. The summed E-state index contributed by atoms with van der Waals surface area (Å²) < 4.78 is 34.7. The summed E-state index contributed by atoms with van der Waals surface area (Å²) in [6.45, 7) is 10.7. The number of morpholine rings is 1. The molecule has 2 atom stereocenters. The average Bonchev–Trinajstić information content (AvgIpc) is 3.17. The van der Waals surface area contributed by atoms with Crippen molar-refractivity contribution in [2.45, 2.75) is 70.6 Å². The van der Waals surface area contributed by atoms with Crippen molar-refractivity contribution in [1.82, 2.24) is 15.0 Å². The number of carbonyl (C=O) groups excluding carboxylic acids is 1. The molecule has 226 valence electrons. The van der Waals surface area contributed by atoms with Crippen LogP contribution in [0.4, 0.5) is 22.7 Å². The Morgan fingerprint density at radius 2 is 1.81 bits per heavy atom. The van der Waals surface area contributed by atoms with Crippen LogP contribution in [0.25, 0.3) is 0 Å². The number of nitrogens with two attached hydrogens (primary N) is 1. The maximum atomic E-state index is 12.4. The van der Waals surface area contributed by atoms with Crippen LogP contribution in [0.1, 0.15) is 60.1 Å². The summed E-state index contributed by atoms with van der Waals surface area (Å²) in [6, 6.07) is 6.63. The number of thiazole rings is 1. The number of ether oxygens (including phenoxy) is 2. The van der Waals surface area contributed by atoms with Gasteiger partial charge in [-0.25, -0.2) is 23.3 Å². The Kier molecular flexibility index (Phi) is 8.97. The van der Waals surface area contributed by atoms with Gasteiger partial charge in [0, 0.05) is 31.7 Å². The Morgan fingerprint density at radius 1 is 1.12 bits per heavy atom. The molecule has 2 aliphatic rings. The van der Waals surface area contributed by atoms with E-state index >= 15 is 0 Å². The normalized spacial score (nSPS) is 19.3. The van der Waals surface area contributed by atoms with Gasteiger partial charge in [-0.05, 0) is 64.7 Å². The first-order valence-electron chi connectivity index (χ1n) is 14.1. The number of primary sulfonamides is 1. The molecular formula is C28H37N7O5S2. The van der Waals surface area contributed by atoms with Gasteiger partial charge in [0.15, 0.2) is 5.13 Å². The molecule has 0 bridgehead atoms. The van der Waals surface area contributed by atoms with Crippen LogP contribution in [0.15, 0.2) is 29.2 Å². The number of aryl methyl sites for hydroxylation is 1. The van der Waals surface area contributed by atoms with E-state index in [-0.39, 0.29) is 23.7 Å². The highest BCUT2D eigenvalue weighted by molar-refractivity contribution is 7.89. The summed E-state index contributed by atoms with van der Waals surface area (Å²) in [7, 11) is -3.77. The van der Waals surface area contributed by atoms with Gasteiger partial charge in [-0.3, -0.25) is 5.32 Å². The maximum Gasteiger partial charge on any atom is 0.350 e. The number of nitrogens with one attached hydrogen (secondary N) is 1. The second-order valence-electron chi connectivity index (χ2n) is 10.7. The lowest BCUT2D eigenvalue weighted by molar-refractivity contribution is -0.00551. The Hall–Kier alpha value is -3.33. The van der Waals surface area contributed by atoms with E-state index in [1.54, 1.807) is 26.0 Å². The molecule has 2 unspecified atom stereocenters. The first-order chi connectivity index (χ1) is 20.0. The Balaban J connectivity index is 1.54. The van der Waals surface area contributed by atoms with Gasteiger partial charge in [0.05, 0.1) is 29.4 Å². The van der Waals surface area contributed by atoms with Crippen molar-refractivity contribution in [3.63, 3.8) is 0 Å². The molecule has 1 fully saturated rings. The van der Waals surface area contributed by atoms with Crippen LogP contribution in [0.5, 0.6) is 0 Å². The summed E-state index contributed by atoms with van der Waals surface area (Å²) in [4.78, 5) is 32.0. The molecule has 0 amide bonds. The molecule has 0 aliphatic carbocycles. The van der Waals surface area contributed by atoms with Crippen molar-refractivity contribution in [2.75, 3.05) is 41.4 Å². The first kappa shape index (κ1) is 30.1. The third-order valence-electron chi connectivity index (χ3n) is 7.19. The smallest absolute Gasteiger partial charge is 0.350 e. The summed E-state index contributed by atoms with van der Waals surface area (Å²) in [5, 5.41) is 9.06. The number of sulfonamides is 1.